The predicted octanol–water partition coefficient (Wildman–Crippen LogP) is 4.76. The second-order valence-corrected chi connectivity index (χ2v) is 8.87. The molecule has 1 aromatic heterocycles. The maximum atomic E-state index is 13.2. The lowest BCUT2D eigenvalue weighted by atomic mass is 10.0. The standard InChI is InChI=1S/C27H26N4O3S/c1-3-18-9-11-20(12-10-18)24(32)28-23(17-19-7-5-4-6-8-19)25(33)29-27-31-30-26(35-27)21-13-15-22(34-2)16-14-21/h4-16,23H,3,17H2,1-2H3,(H,28,32)(H,29,31,33). The van der Waals surface area contributed by atoms with Gasteiger partial charge in [-0.1, -0.05) is 60.7 Å². The number of nitrogens with zero attached hydrogens (tertiary/aromatic N) is 2. The van der Waals surface area contributed by atoms with Gasteiger partial charge in [0.1, 0.15) is 16.8 Å². The summed E-state index contributed by atoms with van der Waals surface area (Å²) in [5, 5.41) is 15.0. The fraction of sp³-hybridized carbons (Fsp3) is 0.185. The molecule has 0 bridgehead atoms. The first-order valence-corrected chi connectivity index (χ1v) is 12.1. The van der Waals surface area contributed by atoms with Crippen molar-refractivity contribution in [3.63, 3.8) is 0 Å². The van der Waals surface area contributed by atoms with Gasteiger partial charge in [0.05, 0.1) is 7.11 Å². The number of methoxy groups -OCH3 is 1. The first kappa shape index (κ1) is 24.1. The highest BCUT2D eigenvalue weighted by atomic mass is 32.1. The monoisotopic (exact) mass is 486 g/mol. The lowest BCUT2D eigenvalue weighted by Crippen LogP contribution is -2.45. The van der Waals surface area contributed by atoms with Crippen LogP contribution in [0.25, 0.3) is 10.6 Å². The van der Waals surface area contributed by atoms with E-state index >= 15 is 0 Å². The Morgan fingerprint density at radius 3 is 2.29 bits per heavy atom. The largest absolute Gasteiger partial charge is 0.497 e. The summed E-state index contributed by atoms with van der Waals surface area (Å²) >= 11 is 1.26. The Balaban J connectivity index is 1.49. The van der Waals surface area contributed by atoms with Crippen LogP contribution in [0.2, 0.25) is 0 Å². The quantitative estimate of drug-likeness (QED) is 0.356. The van der Waals surface area contributed by atoms with E-state index in [1.165, 1.54) is 11.3 Å². The summed E-state index contributed by atoms with van der Waals surface area (Å²) in [4.78, 5) is 26.1. The lowest BCUT2D eigenvalue weighted by molar-refractivity contribution is -0.118. The zero-order valence-corrected chi connectivity index (χ0v) is 20.3. The fourth-order valence-corrected chi connectivity index (χ4v) is 4.26. The van der Waals surface area contributed by atoms with Crippen molar-refractivity contribution in [3.05, 3.63) is 95.6 Å². The molecule has 0 saturated carbocycles. The molecule has 4 rings (SSSR count). The van der Waals surface area contributed by atoms with Gasteiger partial charge in [-0.25, -0.2) is 0 Å². The first-order chi connectivity index (χ1) is 17.1. The molecule has 1 unspecified atom stereocenters. The second-order valence-electron chi connectivity index (χ2n) is 7.90. The van der Waals surface area contributed by atoms with Crippen LogP contribution in [0.4, 0.5) is 5.13 Å². The van der Waals surface area contributed by atoms with Gasteiger partial charge in [0.25, 0.3) is 5.91 Å². The summed E-state index contributed by atoms with van der Waals surface area (Å²) in [5.74, 6) is 0.0837. The average Bonchev–Trinajstić information content (AvgIpc) is 3.37. The van der Waals surface area contributed by atoms with Crippen LogP contribution in [-0.4, -0.2) is 35.2 Å². The Kier molecular flexibility index (Phi) is 7.84. The number of ether oxygens (including phenoxy) is 1. The minimum Gasteiger partial charge on any atom is -0.497 e. The van der Waals surface area contributed by atoms with Gasteiger partial charge in [0, 0.05) is 17.5 Å². The Morgan fingerprint density at radius 2 is 1.63 bits per heavy atom. The molecule has 3 aromatic carbocycles. The van der Waals surface area contributed by atoms with E-state index in [0.717, 1.165) is 28.9 Å². The molecule has 0 aliphatic carbocycles. The lowest BCUT2D eigenvalue weighted by Gasteiger charge is -2.18. The van der Waals surface area contributed by atoms with Crippen LogP contribution in [0.3, 0.4) is 0 Å². The topological polar surface area (TPSA) is 93.2 Å². The third kappa shape index (κ3) is 6.30. The molecule has 0 fully saturated rings. The number of hydrogen-bond donors (Lipinski definition) is 2. The van der Waals surface area contributed by atoms with E-state index in [1.54, 1.807) is 19.2 Å². The number of aromatic nitrogens is 2. The maximum Gasteiger partial charge on any atom is 0.251 e. The van der Waals surface area contributed by atoms with Gasteiger partial charge in [0.2, 0.25) is 11.0 Å². The molecule has 4 aromatic rings. The molecule has 35 heavy (non-hydrogen) atoms. The molecule has 7 nitrogen and oxygen atoms in total. The number of anilines is 1. The van der Waals surface area contributed by atoms with E-state index in [1.807, 2.05) is 66.7 Å². The van der Waals surface area contributed by atoms with Crippen molar-refractivity contribution in [1.29, 1.82) is 0 Å². The fourth-order valence-electron chi connectivity index (χ4n) is 3.51. The highest BCUT2D eigenvalue weighted by Gasteiger charge is 2.23. The molecule has 1 heterocycles. The summed E-state index contributed by atoms with van der Waals surface area (Å²) in [6.07, 6.45) is 1.23. The predicted molar refractivity (Wildman–Crippen MR) is 138 cm³/mol. The molecule has 0 radical (unpaired) electrons. The molecule has 0 spiro atoms. The highest BCUT2D eigenvalue weighted by molar-refractivity contribution is 7.18. The number of aryl methyl sites for hydroxylation is 1. The van der Waals surface area contributed by atoms with Gasteiger partial charge in [-0.05, 0) is 53.9 Å². The zero-order valence-electron chi connectivity index (χ0n) is 19.5. The molecule has 1 atom stereocenters. The van der Waals surface area contributed by atoms with Crippen molar-refractivity contribution in [1.82, 2.24) is 15.5 Å². The van der Waals surface area contributed by atoms with Gasteiger partial charge in [0.15, 0.2) is 0 Å². The van der Waals surface area contributed by atoms with Crippen LogP contribution in [0.5, 0.6) is 5.75 Å². The van der Waals surface area contributed by atoms with Gasteiger partial charge in [-0.3, -0.25) is 14.9 Å². The Hall–Kier alpha value is -4.04. The van der Waals surface area contributed by atoms with Gasteiger partial charge >= 0.3 is 0 Å². The highest BCUT2D eigenvalue weighted by Crippen LogP contribution is 2.28. The molecular formula is C27H26N4O3S. The molecule has 2 amide bonds. The van der Waals surface area contributed by atoms with E-state index < -0.39 is 6.04 Å². The molecule has 8 heteroatoms. The second kappa shape index (κ2) is 11.4. The van der Waals surface area contributed by atoms with E-state index in [9.17, 15) is 9.59 Å². The smallest absolute Gasteiger partial charge is 0.251 e. The molecule has 2 N–H and O–H groups in total. The van der Waals surface area contributed by atoms with Crippen LogP contribution in [0, 0.1) is 0 Å². The van der Waals surface area contributed by atoms with Crippen molar-refractivity contribution in [2.24, 2.45) is 0 Å². The van der Waals surface area contributed by atoms with Crippen LogP contribution < -0.4 is 15.4 Å². The summed E-state index contributed by atoms with van der Waals surface area (Å²) < 4.78 is 5.19. The molecule has 178 valence electrons. The van der Waals surface area contributed by atoms with Crippen molar-refractivity contribution in [2.75, 3.05) is 12.4 Å². The number of hydrogen-bond acceptors (Lipinski definition) is 6. The molecule has 0 aliphatic rings. The molecular weight excluding hydrogens is 460 g/mol. The number of nitrogens with one attached hydrogen (secondary N) is 2. The number of carbonyl (C=O) groups excluding carboxylic acids is 2. The Labute approximate surface area is 208 Å². The van der Waals surface area contributed by atoms with Crippen LogP contribution >= 0.6 is 11.3 Å². The Bertz CT molecular complexity index is 1270. The van der Waals surface area contributed by atoms with Gasteiger partial charge in [-0.2, -0.15) is 0 Å². The minimum atomic E-state index is -0.788. The van der Waals surface area contributed by atoms with Gasteiger partial charge < -0.3 is 10.1 Å². The van der Waals surface area contributed by atoms with E-state index in [-0.39, 0.29) is 11.8 Å². The van der Waals surface area contributed by atoms with Crippen molar-refractivity contribution in [3.8, 4) is 16.3 Å². The van der Waals surface area contributed by atoms with E-state index in [4.69, 9.17) is 4.74 Å². The summed E-state index contributed by atoms with van der Waals surface area (Å²) in [7, 11) is 1.61. The van der Waals surface area contributed by atoms with E-state index in [0.29, 0.717) is 22.1 Å². The molecule has 0 saturated heterocycles. The summed E-state index contributed by atoms with van der Waals surface area (Å²) in [6, 6.07) is 23.6. The van der Waals surface area contributed by atoms with Gasteiger partial charge in [-0.15, -0.1) is 10.2 Å². The third-order valence-corrected chi connectivity index (χ3v) is 6.41. The van der Waals surface area contributed by atoms with Crippen molar-refractivity contribution in [2.45, 2.75) is 25.8 Å². The minimum absolute atomic E-state index is 0.306. The van der Waals surface area contributed by atoms with Crippen LogP contribution in [0.15, 0.2) is 78.9 Å². The van der Waals surface area contributed by atoms with Crippen LogP contribution in [-0.2, 0) is 17.6 Å². The van der Waals surface area contributed by atoms with Crippen LogP contribution in [0.1, 0.15) is 28.4 Å². The summed E-state index contributed by atoms with van der Waals surface area (Å²) in [6.45, 7) is 2.06. The SMILES string of the molecule is CCc1ccc(C(=O)NC(Cc2ccccc2)C(=O)Nc2nnc(-c3ccc(OC)cc3)s2)cc1. The normalized spacial score (nSPS) is 11.5. The van der Waals surface area contributed by atoms with Crippen molar-refractivity contribution >= 4 is 28.3 Å². The van der Waals surface area contributed by atoms with E-state index in [2.05, 4.69) is 27.8 Å². The number of rotatable bonds is 9. The number of amides is 2. The van der Waals surface area contributed by atoms with Crippen molar-refractivity contribution < 1.29 is 14.3 Å². The Morgan fingerprint density at radius 1 is 0.914 bits per heavy atom. The first-order valence-electron chi connectivity index (χ1n) is 11.3. The third-order valence-electron chi connectivity index (χ3n) is 5.52. The number of benzene rings is 3. The zero-order chi connectivity index (χ0) is 24.6. The number of carbonyl (C=O) groups is 2. The maximum absolute atomic E-state index is 13.2. The average molecular weight is 487 g/mol. The summed E-state index contributed by atoms with van der Waals surface area (Å²) in [5.41, 5.74) is 3.45. The molecule has 0 aliphatic heterocycles.